The number of hydrogen-bond donors (Lipinski definition) is 0. The first-order chi connectivity index (χ1) is 11.1. The van der Waals surface area contributed by atoms with E-state index in [4.69, 9.17) is 4.74 Å². The summed E-state index contributed by atoms with van der Waals surface area (Å²) in [5.41, 5.74) is 3.93. The number of thioether (sulfide) groups is 1. The van der Waals surface area contributed by atoms with Crippen LogP contribution < -0.4 is 0 Å². The van der Waals surface area contributed by atoms with Crippen molar-refractivity contribution in [3.8, 4) is 0 Å². The van der Waals surface area contributed by atoms with Crippen LogP contribution in [0.2, 0.25) is 0 Å². The number of fused-ring (bicyclic) bond motifs is 1. The van der Waals surface area contributed by atoms with Gasteiger partial charge in [-0.05, 0) is 25.5 Å². The molecule has 0 aliphatic carbocycles. The van der Waals surface area contributed by atoms with E-state index in [0.717, 1.165) is 17.1 Å². The Morgan fingerprint density at radius 1 is 1.26 bits per heavy atom. The molecule has 0 atom stereocenters. The summed E-state index contributed by atoms with van der Waals surface area (Å²) in [6.45, 7) is 3.85. The van der Waals surface area contributed by atoms with Crippen molar-refractivity contribution in [3.63, 3.8) is 0 Å². The van der Waals surface area contributed by atoms with Crippen LogP contribution in [0, 0.1) is 13.8 Å². The minimum absolute atomic E-state index is 0.409. The van der Waals surface area contributed by atoms with Gasteiger partial charge >= 0.3 is 5.97 Å². The van der Waals surface area contributed by atoms with Crippen molar-refractivity contribution in [1.29, 1.82) is 0 Å². The van der Waals surface area contributed by atoms with Crippen LogP contribution in [-0.2, 0) is 10.5 Å². The van der Waals surface area contributed by atoms with E-state index in [2.05, 4.69) is 10.1 Å². The van der Waals surface area contributed by atoms with Crippen LogP contribution in [0.5, 0.6) is 0 Å². The highest BCUT2D eigenvalue weighted by Crippen LogP contribution is 2.28. The van der Waals surface area contributed by atoms with Gasteiger partial charge in [0.25, 0.3) is 0 Å². The fourth-order valence-corrected chi connectivity index (χ4v) is 3.36. The summed E-state index contributed by atoms with van der Waals surface area (Å²) in [7, 11) is 1.38. The van der Waals surface area contributed by atoms with Gasteiger partial charge in [0.05, 0.1) is 7.11 Å². The van der Waals surface area contributed by atoms with Crippen LogP contribution in [0.4, 0.5) is 0 Å². The van der Waals surface area contributed by atoms with Gasteiger partial charge in [-0.25, -0.2) is 14.3 Å². The van der Waals surface area contributed by atoms with E-state index < -0.39 is 5.97 Å². The van der Waals surface area contributed by atoms with Gasteiger partial charge < -0.3 is 4.74 Å². The molecule has 0 N–H and O–H groups in total. The van der Waals surface area contributed by atoms with Crippen molar-refractivity contribution in [2.75, 3.05) is 7.11 Å². The Bertz CT molecular complexity index is 859. The van der Waals surface area contributed by atoms with Crippen molar-refractivity contribution in [2.45, 2.75) is 24.6 Å². The van der Waals surface area contributed by atoms with Crippen LogP contribution in [-0.4, -0.2) is 27.7 Å². The molecule has 2 heterocycles. The molecule has 0 unspecified atom stereocenters. The topological polar surface area (TPSA) is 56.5 Å². The fraction of sp³-hybridized carbons (Fsp3) is 0.235. The van der Waals surface area contributed by atoms with E-state index in [-0.39, 0.29) is 0 Å². The first kappa shape index (κ1) is 15.6. The number of carbonyl (C=O) groups excluding carboxylic acids is 1. The molecule has 2 aromatic heterocycles. The lowest BCUT2D eigenvalue weighted by atomic mass is 10.2. The summed E-state index contributed by atoms with van der Waals surface area (Å²) in [5, 5.41) is 5.19. The Hall–Kier alpha value is -2.34. The maximum Gasteiger partial charge on any atom is 0.344 e. The minimum Gasteiger partial charge on any atom is -0.465 e. The van der Waals surface area contributed by atoms with Crippen LogP contribution in [0.1, 0.15) is 27.3 Å². The standard InChI is InChI=1S/C17H17N3O2S/c1-11-9-12(2)20-15(18-11)14(17(21)22-3)16(19-20)23-10-13-7-5-4-6-8-13/h4-9H,10H2,1-3H3. The highest BCUT2D eigenvalue weighted by atomic mass is 32.2. The molecule has 23 heavy (non-hydrogen) atoms. The predicted molar refractivity (Wildman–Crippen MR) is 89.8 cm³/mol. The molecule has 118 valence electrons. The SMILES string of the molecule is COC(=O)c1c(SCc2ccccc2)nn2c(C)cc(C)nc12. The van der Waals surface area contributed by atoms with E-state index in [1.54, 1.807) is 4.52 Å². The van der Waals surface area contributed by atoms with Gasteiger partial charge in [0.1, 0.15) is 10.6 Å². The molecule has 0 radical (unpaired) electrons. The van der Waals surface area contributed by atoms with Gasteiger partial charge in [-0.15, -0.1) is 0 Å². The van der Waals surface area contributed by atoms with E-state index in [1.807, 2.05) is 50.2 Å². The molecule has 0 saturated heterocycles. The van der Waals surface area contributed by atoms with Gasteiger partial charge in [-0.2, -0.15) is 5.10 Å². The molecule has 0 spiro atoms. The van der Waals surface area contributed by atoms with Crippen molar-refractivity contribution in [1.82, 2.24) is 14.6 Å². The third kappa shape index (κ3) is 3.07. The van der Waals surface area contributed by atoms with Gasteiger partial charge in [0, 0.05) is 17.1 Å². The summed E-state index contributed by atoms with van der Waals surface area (Å²) in [5.74, 6) is 0.320. The third-order valence-corrected chi connectivity index (χ3v) is 4.51. The van der Waals surface area contributed by atoms with E-state index >= 15 is 0 Å². The van der Waals surface area contributed by atoms with Crippen LogP contribution in [0.25, 0.3) is 5.65 Å². The molecule has 0 aliphatic heterocycles. The largest absolute Gasteiger partial charge is 0.465 e. The summed E-state index contributed by atoms with van der Waals surface area (Å²) in [4.78, 5) is 16.7. The first-order valence-corrected chi connectivity index (χ1v) is 8.20. The summed E-state index contributed by atoms with van der Waals surface area (Å²) < 4.78 is 6.63. The number of carbonyl (C=O) groups is 1. The summed E-state index contributed by atoms with van der Waals surface area (Å²) in [6.07, 6.45) is 0. The number of esters is 1. The highest BCUT2D eigenvalue weighted by Gasteiger charge is 2.23. The quantitative estimate of drug-likeness (QED) is 0.543. The number of methoxy groups -OCH3 is 1. The molecular weight excluding hydrogens is 310 g/mol. The van der Waals surface area contributed by atoms with Crippen molar-refractivity contribution >= 4 is 23.4 Å². The molecule has 0 saturated carbocycles. The second-order valence-electron chi connectivity index (χ2n) is 5.22. The normalized spacial score (nSPS) is 10.9. The number of hydrogen-bond acceptors (Lipinski definition) is 5. The maximum atomic E-state index is 12.2. The zero-order chi connectivity index (χ0) is 16.4. The molecule has 1 aromatic carbocycles. The third-order valence-electron chi connectivity index (χ3n) is 3.47. The number of nitrogens with zero attached hydrogens (tertiary/aromatic N) is 3. The van der Waals surface area contributed by atoms with Crippen LogP contribution in [0.3, 0.4) is 0 Å². The van der Waals surface area contributed by atoms with Gasteiger partial charge in [-0.3, -0.25) is 0 Å². The lowest BCUT2D eigenvalue weighted by Gasteiger charge is -2.02. The Kier molecular flexibility index (Phi) is 4.34. The molecular formula is C17H17N3O2S. The fourth-order valence-electron chi connectivity index (χ4n) is 2.41. The number of aryl methyl sites for hydroxylation is 2. The smallest absolute Gasteiger partial charge is 0.344 e. The van der Waals surface area contributed by atoms with Gasteiger partial charge in [0.15, 0.2) is 5.65 Å². The van der Waals surface area contributed by atoms with Crippen molar-refractivity contribution in [2.24, 2.45) is 0 Å². The van der Waals surface area contributed by atoms with Crippen molar-refractivity contribution < 1.29 is 9.53 Å². The second kappa shape index (κ2) is 6.42. The Morgan fingerprint density at radius 3 is 2.70 bits per heavy atom. The molecule has 3 aromatic rings. The molecule has 3 rings (SSSR count). The van der Waals surface area contributed by atoms with Gasteiger partial charge in [0.2, 0.25) is 0 Å². The molecule has 5 nitrogen and oxygen atoms in total. The number of rotatable bonds is 4. The monoisotopic (exact) mass is 327 g/mol. The average molecular weight is 327 g/mol. The lowest BCUT2D eigenvalue weighted by molar-refractivity contribution is 0.0599. The van der Waals surface area contributed by atoms with Crippen LogP contribution >= 0.6 is 11.8 Å². The molecule has 0 amide bonds. The predicted octanol–water partition coefficient (Wildman–Crippen LogP) is 3.43. The molecule has 0 aliphatic rings. The number of aromatic nitrogens is 3. The van der Waals surface area contributed by atoms with Gasteiger partial charge in [-0.1, -0.05) is 42.1 Å². The van der Waals surface area contributed by atoms with E-state index in [0.29, 0.717) is 16.2 Å². The minimum atomic E-state index is -0.409. The zero-order valence-electron chi connectivity index (χ0n) is 13.2. The Balaban J connectivity index is 2.04. The van der Waals surface area contributed by atoms with Crippen molar-refractivity contribution in [3.05, 3.63) is 58.9 Å². The zero-order valence-corrected chi connectivity index (χ0v) is 14.1. The molecule has 0 bridgehead atoms. The average Bonchev–Trinajstić information content (AvgIpc) is 2.92. The van der Waals surface area contributed by atoms with E-state index in [9.17, 15) is 4.79 Å². The molecule has 6 heteroatoms. The Morgan fingerprint density at radius 2 is 2.00 bits per heavy atom. The first-order valence-electron chi connectivity index (χ1n) is 7.22. The Labute approximate surface area is 138 Å². The summed E-state index contributed by atoms with van der Waals surface area (Å²) >= 11 is 1.51. The lowest BCUT2D eigenvalue weighted by Crippen LogP contribution is -2.04. The highest BCUT2D eigenvalue weighted by molar-refractivity contribution is 7.98. The van der Waals surface area contributed by atoms with Crippen LogP contribution in [0.15, 0.2) is 41.4 Å². The number of benzene rings is 1. The van der Waals surface area contributed by atoms with E-state index in [1.165, 1.54) is 24.4 Å². The molecule has 0 fully saturated rings. The number of ether oxygens (including phenoxy) is 1. The second-order valence-corrected chi connectivity index (χ2v) is 6.18. The summed E-state index contributed by atoms with van der Waals surface area (Å²) in [6, 6.07) is 12.0. The maximum absolute atomic E-state index is 12.2.